The second-order valence-electron chi connectivity index (χ2n) is 6.17. The summed E-state index contributed by atoms with van der Waals surface area (Å²) in [6.45, 7) is -0.240. The van der Waals surface area contributed by atoms with Gasteiger partial charge in [0.25, 0.3) is 0 Å². The van der Waals surface area contributed by atoms with E-state index >= 15 is 0 Å². The second kappa shape index (κ2) is 7.43. The van der Waals surface area contributed by atoms with E-state index in [2.05, 4.69) is 0 Å². The SMILES string of the molecule is C[C@]1(O)[C@H](O[C@@H]2O[C@H](CO)[C@H](O)[C@H](O)[C@H]2O)[C@@H](CO)OC(O)[C@@H]1O. The van der Waals surface area contributed by atoms with E-state index in [4.69, 9.17) is 19.3 Å². The molecule has 2 rings (SSSR count). The fourth-order valence-corrected chi connectivity index (χ4v) is 2.85. The van der Waals surface area contributed by atoms with Crippen molar-refractivity contribution in [3.05, 3.63) is 0 Å². The summed E-state index contributed by atoms with van der Waals surface area (Å²) in [5, 5.41) is 77.7. The van der Waals surface area contributed by atoms with Crippen LogP contribution in [0.5, 0.6) is 0 Å². The van der Waals surface area contributed by atoms with Gasteiger partial charge in [-0.2, -0.15) is 0 Å². The highest BCUT2D eigenvalue weighted by Gasteiger charge is 2.55. The van der Waals surface area contributed by atoms with Crippen molar-refractivity contribution in [2.75, 3.05) is 13.2 Å². The number of rotatable bonds is 4. The molecule has 0 saturated carbocycles. The second-order valence-corrected chi connectivity index (χ2v) is 6.17. The van der Waals surface area contributed by atoms with Crippen LogP contribution in [0, 0.1) is 0 Å². The first-order valence-corrected chi connectivity index (χ1v) is 7.46. The normalized spacial score (nSPS) is 53.1. The average Bonchev–Trinajstić information content (AvgIpc) is 2.55. The zero-order chi connectivity index (χ0) is 18.2. The van der Waals surface area contributed by atoms with Crippen LogP contribution in [0.25, 0.3) is 0 Å². The molecule has 0 aromatic rings. The number of ether oxygens (including phenoxy) is 3. The van der Waals surface area contributed by atoms with Crippen molar-refractivity contribution in [2.45, 2.75) is 67.8 Å². The molecule has 0 bridgehead atoms. The maximum absolute atomic E-state index is 10.4. The van der Waals surface area contributed by atoms with Gasteiger partial charge < -0.3 is 55.1 Å². The first-order valence-electron chi connectivity index (χ1n) is 7.46. The largest absolute Gasteiger partial charge is 0.394 e. The molecule has 2 fully saturated rings. The summed E-state index contributed by atoms with van der Waals surface area (Å²) in [5.41, 5.74) is -2.09. The highest BCUT2D eigenvalue weighted by atomic mass is 16.7. The standard InChI is InChI=1S/C13H24O11/c1-13(21)9(19)11(20)22-5(3-15)10(13)24-12-8(18)7(17)6(16)4(2-14)23-12/h4-12,14-21H,2-3H2,1H3/t4-,5-,6+,7+,8-,9+,10-,11?,12+,13-/m1/s1. The topological polar surface area (TPSA) is 190 Å². The molecule has 0 amide bonds. The Morgan fingerprint density at radius 2 is 1.46 bits per heavy atom. The summed E-state index contributed by atoms with van der Waals surface area (Å²) >= 11 is 0. The Morgan fingerprint density at radius 1 is 0.875 bits per heavy atom. The third-order valence-corrected chi connectivity index (χ3v) is 4.41. The van der Waals surface area contributed by atoms with Gasteiger partial charge in [-0.25, -0.2) is 0 Å². The summed E-state index contributed by atoms with van der Waals surface area (Å²) in [5.74, 6) is 0. The van der Waals surface area contributed by atoms with Crippen molar-refractivity contribution in [3.8, 4) is 0 Å². The Hall–Kier alpha value is -0.440. The number of hydrogen-bond acceptors (Lipinski definition) is 11. The van der Waals surface area contributed by atoms with E-state index in [1.54, 1.807) is 0 Å². The van der Waals surface area contributed by atoms with Gasteiger partial charge in [-0.1, -0.05) is 0 Å². The van der Waals surface area contributed by atoms with E-state index in [0.717, 1.165) is 6.92 Å². The van der Waals surface area contributed by atoms with E-state index in [1.807, 2.05) is 0 Å². The summed E-state index contributed by atoms with van der Waals surface area (Å²) in [6, 6.07) is 0. The van der Waals surface area contributed by atoms with Crippen LogP contribution in [0.3, 0.4) is 0 Å². The maximum atomic E-state index is 10.4. The smallest absolute Gasteiger partial charge is 0.187 e. The van der Waals surface area contributed by atoms with Gasteiger partial charge in [0.2, 0.25) is 0 Å². The van der Waals surface area contributed by atoms with E-state index in [1.165, 1.54) is 0 Å². The lowest BCUT2D eigenvalue weighted by Crippen LogP contribution is -2.69. The zero-order valence-electron chi connectivity index (χ0n) is 12.9. The predicted octanol–water partition coefficient (Wildman–Crippen LogP) is -5.01. The molecule has 10 atom stereocenters. The van der Waals surface area contributed by atoms with Crippen LogP contribution in [-0.2, 0) is 14.2 Å². The molecule has 0 spiro atoms. The molecule has 24 heavy (non-hydrogen) atoms. The lowest BCUT2D eigenvalue weighted by Gasteiger charge is -2.49. The van der Waals surface area contributed by atoms with Crippen LogP contribution in [0.1, 0.15) is 6.92 Å². The van der Waals surface area contributed by atoms with Crippen molar-refractivity contribution in [1.82, 2.24) is 0 Å². The van der Waals surface area contributed by atoms with Crippen molar-refractivity contribution >= 4 is 0 Å². The predicted molar refractivity (Wildman–Crippen MR) is 73.2 cm³/mol. The Bertz CT molecular complexity index is 417. The Balaban J connectivity index is 2.20. The van der Waals surface area contributed by atoms with Crippen LogP contribution >= 0.6 is 0 Å². The molecule has 2 saturated heterocycles. The molecule has 0 radical (unpaired) electrons. The quantitative estimate of drug-likeness (QED) is 0.241. The van der Waals surface area contributed by atoms with Crippen molar-refractivity contribution in [1.29, 1.82) is 0 Å². The van der Waals surface area contributed by atoms with Gasteiger partial charge in [0.05, 0.1) is 13.2 Å². The fourth-order valence-electron chi connectivity index (χ4n) is 2.85. The van der Waals surface area contributed by atoms with Crippen molar-refractivity contribution < 1.29 is 55.1 Å². The van der Waals surface area contributed by atoms with E-state index < -0.39 is 74.1 Å². The fraction of sp³-hybridized carbons (Fsp3) is 1.00. The minimum atomic E-state index is -2.09. The highest BCUT2D eigenvalue weighted by Crippen LogP contribution is 2.34. The van der Waals surface area contributed by atoms with Crippen LogP contribution < -0.4 is 0 Å². The van der Waals surface area contributed by atoms with E-state index in [0.29, 0.717) is 0 Å². The van der Waals surface area contributed by atoms with Crippen LogP contribution in [0.15, 0.2) is 0 Å². The van der Waals surface area contributed by atoms with Gasteiger partial charge in [0.1, 0.15) is 48.3 Å². The van der Waals surface area contributed by atoms with Gasteiger partial charge in [-0.3, -0.25) is 0 Å². The molecule has 11 heteroatoms. The number of aliphatic hydroxyl groups excluding tert-OH is 7. The van der Waals surface area contributed by atoms with Crippen LogP contribution in [0.4, 0.5) is 0 Å². The summed E-state index contributed by atoms with van der Waals surface area (Å²) in [6.07, 6.45) is -14.1. The minimum Gasteiger partial charge on any atom is -0.394 e. The third kappa shape index (κ3) is 3.43. The van der Waals surface area contributed by atoms with E-state index in [9.17, 15) is 35.7 Å². The first kappa shape index (κ1) is 19.9. The molecular weight excluding hydrogens is 332 g/mol. The van der Waals surface area contributed by atoms with Crippen molar-refractivity contribution in [2.24, 2.45) is 0 Å². The summed E-state index contributed by atoms with van der Waals surface area (Å²) in [4.78, 5) is 0. The van der Waals surface area contributed by atoms with Crippen LogP contribution in [-0.4, -0.2) is 115 Å². The van der Waals surface area contributed by atoms with Gasteiger partial charge in [-0.05, 0) is 6.92 Å². The molecule has 2 heterocycles. The molecule has 0 aromatic carbocycles. The molecular formula is C13H24O11. The third-order valence-electron chi connectivity index (χ3n) is 4.41. The molecule has 11 nitrogen and oxygen atoms in total. The van der Waals surface area contributed by atoms with E-state index in [-0.39, 0.29) is 0 Å². The van der Waals surface area contributed by atoms with Gasteiger partial charge in [0.15, 0.2) is 12.6 Å². The minimum absolute atomic E-state index is 0.673. The number of aliphatic hydroxyl groups is 8. The van der Waals surface area contributed by atoms with Crippen LogP contribution in [0.2, 0.25) is 0 Å². The van der Waals surface area contributed by atoms with Gasteiger partial charge in [0, 0.05) is 0 Å². The number of hydrogen-bond donors (Lipinski definition) is 8. The lowest BCUT2D eigenvalue weighted by molar-refractivity contribution is -0.372. The highest BCUT2D eigenvalue weighted by molar-refractivity contribution is 5.01. The molecule has 1 unspecified atom stereocenters. The van der Waals surface area contributed by atoms with Gasteiger partial charge in [-0.15, -0.1) is 0 Å². The molecule has 2 aliphatic heterocycles. The summed E-state index contributed by atoms with van der Waals surface area (Å²) < 4.78 is 15.5. The zero-order valence-corrected chi connectivity index (χ0v) is 12.9. The Morgan fingerprint density at radius 3 is 2.00 bits per heavy atom. The first-order chi connectivity index (χ1) is 11.1. The van der Waals surface area contributed by atoms with Crippen molar-refractivity contribution in [3.63, 3.8) is 0 Å². The lowest BCUT2D eigenvalue weighted by atomic mass is 9.85. The average molecular weight is 356 g/mol. The molecule has 2 aliphatic rings. The molecule has 8 N–H and O–H groups in total. The van der Waals surface area contributed by atoms with Gasteiger partial charge >= 0.3 is 0 Å². The monoisotopic (exact) mass is 356 g/mol. The summed E-state index contributed by atoms with van der Waals surface area (Å²) in [7, 11) is 0. The molecule has 0 aliphatic carbocycles. The Kier molecular flexibility index (Phi) is 6.16. The maximum Gasteiger partial charge on any atom is 0.187 e. The molecule has 0 aromatic heterocycles. The Labute approximate surface area is 137 Å². The molecule has 142 valence electrons.